The molecule has 172 valence electrons. The van der Waals surface area contributed by atoms with Gasteiger partial charge in [0.2, 0.25) is 0 Å². The molecule has 0 aromatic heterocycles. The number of hydrogen-bond acceptors (Lipinski definition) is 3. The number of benzene rings is 3. The maximum absolute atomic E-state index is 13.6. The maximum Gasteiger partial charge on any atom is 0.123 e. The molecule has 1 fully saturated rings. The smallest absolute Gasteiger partial charge is 0.123 e. The van der Waals surface area contributed by atoms with Crippen LogP contribution in [0.1, 0.15) is 66.2 Å². The Bertz CT molecular complexity index is 1060. The van der Waals surface area contributed by atoms with Crippen molar-refractivity contribution in [2.24, 2.45) is 0 Å². The quantitative estimate of drug-likeness (QED) is 0.468. The summed E-state index contributed by atoms with van der Waals surface area (Å²) in [6, 6.07) is 21.7. The normalized spacial score (nSPS) is 22.5. The van der Waals surface area contributed by atoms with E-state index in [1.165, 1.54) is 36.0 Å². The van der Waals surface area contributed by atoms with Gasteiger partial charge in [-0.1, -0.05) is 36.8 Å². The zero-order valence-electron chi connectivity index (χ0n) is 19.0. The van der Waals surface area contributed by atoms with E-state index in [2.05, 4.69) is 29.6 Å². The Labute approximate surface area is 195 Å². The van der Waals surface area contributed by atoms with Crippen LogP contribution in [0, 0.1) is 5.82 Å². The van der Waals surface area contributed by atoms with Gasteiger partial charge in [-0.25, -0.2) is 4.39 Å². The van der Waals surface area contributed by atoms with Crippen molar-refractivity contribution in [3.05, 3.63) is 94.8 Å². The second kappa shape index (κ2) is 9.96. The summed E-state index contributed by atoms with van der Waals surface area (Å²) < 4.78 is 19.6. The van der Waals surface area contributed by atoms with Crippen LogP contribution in [-0.4, -0.2) is 24.3 Å². The average Bonchev–Trinajstić information content (AvgIpc) is 2.85. The number of hydrogen-bond donors (Lipinski definition) is 2. The molecule has 33 heavy (non-hydrogen) atoms. The number of rotatable bonds is 6. The first-order valence-corrected chi connectivity index (χ1v) is 12.2. The summed E-state index contributed by atoms with van der Waals surface area (Å²) in [5.41, 5.74) is 4.81. The third kappa shape index (κ3) is 5.06. The van der Waals surface area contributed by atoms with Crippen LogP contribution in [0.5, 0.6) is 11.5 Å². The number of fused-ring (bicyclic) bond motifs is 1. The zero-order chi connectivity index (χ0) is 22.6. The molecule has 0 amide bonds. The van der Waals surface area contributed by atoms with Gasteiger partial charge < -0.3 is 15.2 Å². The third-order valence-electron chi connectivity index (χ3n) is 7.27. The van der Waals surface area contributed by atoms with Crippen molar-refractivity contribution in [1.29, 1.82) is 0 Å². The molecule has 3 nitrogen and oxygen atoms in total. The molecule has 1 saturated heterocycles. The summed E-state index contributed by atoms with van der Waals surface area (Å²) in [6.07, 6.45) is 6.72. The molecule has 0 bridgehead atoms. The Kier molecular flexibility index (Phi) is 6.63. The van der Waals surface area contributed by atoms with E-state index in [9.17, 15) is 9.50 Å². The first kappa shape index (κ1) is 22.0. The minimum Gasteiger partial charge on any atom is -0.508 e. The molecule has 2 N–H and O–H groups in total. The number of nitrogens with one attached hydrogen (secondary N) is 1. The lowest BCUT2D eigenvalue weighted by Gasteiger charge is -2.35. The number of ether oxygens (including phenoxy) is 1. The first-order chi connectivity index (χ1) is 16.2. The highest BCUT2D eigenvalue weighted by molar-refractivity contribution is 5.48. The van der Waals surface area contributed by atoms with E-state index in [1.54, 1.807) is 18.2 Å². The second-order valence-electron chi connectivity index (χ2n) is 9.41. The van der Waals surface area contributed by atoms with Crippen LogP contribution in [0.15, 0.2) is 66.7 Å². The minimum atomic E-state index is -0.207. The molecule has 0 saturated carbocycles. The van der Waals surface area contributed by atoms with Crippen LogP contribution in [0.2, 0.25) is 0 Å². The van der Waals surface area contributed by atoms with Crippen molar-refractivity contribution in [3.63, 3.8) is 0 Å². The van der Waals surface area contributed by atoms with E-state index in [0.29, 0.717) is 11.8 Å². The molecule has 1 aliphatic carbocycles. The predicted octanol–water partition coefficient (Wildman–Crippen LogP) is 6.30. The molecular formula is C29H32FNO2. The van der Waals surface area contributed by atoms with Gasteiger partial charge in [-0.2, -0.15) is 0 Å². The fraction of sp³-hybridized carbons (Fsp3) is 0.379. The molecule has 1 aliphatic heterocycles. The van der Waals surface area contributed by atoms with Gasteiger partial charge in [0.05, 0.1) is 6.61 Å². The van der Waals surface area contributed by atoms with Crippen molar-refractivity contribution in [3.8, 4) is 11.5 Å². The van der Waals surface area contributed by atoms with Crippen molar-refractivity contribution < 1.29 is 14.2 Å². The van der Waals surface area contributed by atoms with E-state index in [0.717, 1.165) is 43.7 Å². The van der Waals surface area contributed by atoms with Crippen LogP contribution in [0.3, 0.4) is 0 Å². The molecule has 4 heteroatoms. The summed E-state index contributed by atoms with van der Waals surface area (Å²) in [7, 11) is 0. The fourth-order valence-electron chi connectivity index (χ4n) is 5.55. The van der Waals surface area contributed by atoms with Gasteiger partial charge in [0.25, 0.3) is 0 Å². The first-order valence-electron chi connectivity index (χ1n) is 12.2. The van der Waals surface area contributed by atoms with Gasteiger partial charge in [0.1, 0.15) is 17.3 Å². The van der Waals surface area contributed by atoms with Crippen molar-refractivity contribution in [2.75, 3.05) is 13.2 Å². The SMILES string of the molecule is Oc1ccc2c(c1)CCC(c1ccc(F)cc1)C2c1ccc(OCCC2CCCCN2)cc1. The molecule has 5 rings (SSSR count). The maximum atomic E-state index is 13.6. The highest BCUT2D eigenvalue weighted by Crippen LogP contribution is 2.47. The molecule has 3 atom stereocenters. The molecule has 3 aromatic carbocycles. The summed E-state index contributed by atoms with van der Waals surface area (Å²) in [5.74, 6) is 1.41. The summed E-state index contributed by atoms with van der Waals surface area (Å²) in [4.78, 5) is 0. The van der Waals surface area contributed by atoms with E-state index in [4.69, 9.17) is 4.74 Å². The third-order valence-corrected chi connectivity index (χ3v) is 7.27. The molecule has 3 aromatic rings. The van der Waals surface area contributed by atoms with Gasteiger partial charge in [0, 0.05) is 12.0 Å². The summed E-state index contributed by atoms with van der Waals surface area (Å²) in [6.45, 7) is 1.84. The number of phenols is 1. The highest BCUT2D eigenvalue weighted by atomic mass is 19.1. The van der Waals surface area contributed by atoms with Gasteiger partial charge in [0.15, 0.2) is 0 Å². The lowest BCUT2D eigenvalue weighted by molar-refractivity contribution is 0.268. The van der Waals surface area contributed by atoms with E-state index < -0.39 is 0 Å². The van der Waals surface area contributed by atoms with E-state index in [-0.39, 0.29) is 17.7 Å². The predicted molar refractivity (Wildman–Crippen MR) is 130 cm³/mol. The van der Waals surface area contributed by atoms with Crippen molar-refractivity contribution in [1.82, 2.24) is 5.32 Å². The summed E-state index contributed by atoms with van der Waals surface area (Å²) >= 11 is 0. The van der Waals surface area contributed by atoms with Gasteiger partial charge >= 0.3 is 0 Å². The Morgan fingerprint density at radius 2 is 1.70 bits per heavy atom. The standard InChI is InChI=1S/C29H32FNO2/c30-23-9-4-20(5-10-23)27-14-8-22-19-25(32)11-15-28(22)29(27)21-6-12-26(13-7-21)33-18-16-24-3-1-2-17-31-24/h4-7,9-13,15,19,24,27,29,31-32H,1-3,8,14,16-18H2. The number of aryl methyl sites for hydroxylation is 1. The Morgan fingerprint density at radius 3 is 2.45 bits per heavy atom. The average molecular weight is 446 g/mol. The Balaban J connectivity index is 1.36. The summed E-state index contributed by atoms with van der Waals surface area (Å²) in [5, 5.41) is 13.6. The lowest BCUT2D eigenvalue weighted by atomic mass is 9.69. The van der Waals surface area contributed by atoms with E-state index >= 15 is 0 Å². The van der Waals surface area contributed by atoms with Crippen LogP contribution < -0.4 is 10.1 Å². The zero-order valence-corrected chi connectivity index (χ0v) is 19.0. The molecule has 3 unspecified atom stereocenters. The molecular weight excluding hydrogens is 413 g/mol. The molecule has 1 heterocycles. The van der Waals surface area contributed by atoms with Crippen LogP contribution in [-0.2, 0) is 6.42 Å². The second-order valence-corrected chi connectivity index (χ2v) is 9.41. The largest absolute Gasteiger partial charge is 0.508 e. The number of aromatic hydroxyl groups is 1. The topological polar surface area (TPSA) is 41.5 Å². The monoisotopic (exact) mass is 445 g/mol. The van der Waals surface area contributed by atoms with Crippen LogP contribution in [0.4, 0.5) is 4.39 Å². The molecule has 2 aliphatic rings. The number of phenolic OH excluding ortho intramolecular Hbond substituents is 1. The van der Waals surface area contributed by atoms with Crippen LogP contribution in [0.25, 0.3) is 0 Å². The van der Waals surface area contributed by atoms with Crippen molar-refractivity contribution >= 4 is 0 Å². The van der Waals surface area contributed by atoms with Crippen molar-refractivity contribution in [2.45, 2.75) is 56.4 Å². The number of piperidine rings is 1. The molecule has 0 spiro atoms. The number of halogens is 1. The highest BCUT2D eigenvalue weighted by Gasteiger charge is 2.32. The van der Waals surface area contributed by atoms with Gasteiger partial charge in [-0.15, -0.1) is 0 Å². The Hall–Kier alpha value is -2.85. The van der Waals surface area contributed by atoms with Gasteiger partial charge in [-0.3, -0.25) is 0 Å². The lowest BCUT2D eigenvalue weighted by Crippen LogP contribution is -2.35. The Morgan fingerprint density at radius 1 is 0.909 bits per heavy atom. The van der Waals surface area contributed by atoms with Gasteiger partial charge in [-0.05, 0) is 103 Å². The van der Waals surface area contributed by atoms with E-state index in [1.807, 2.05) is 24.3 Å². The minimum absolute atomic E-state index is 0.153. The molecule has 0 radical (unpaired) electrons. The van der Waals surface area contributed by atoms with Crippen LogP contribution >= 0.6 is 0 Å². The fourth-order valence-corrected chi connectivity index (χ4v) is 5.55.